The van der Waals surface area contributed by atoms with E-state index < -0.39 is 9.84 Å². The van der Waals surface area contributed by atoms with Crippen molar-refractivity contribution >= 4 is 26.8 Å². The van der Waals surface area contributed by atoms with E-state index in [0.717, 1.165) is 54.6 Å². The van der Waals surface area contributed by atoms with Gasteiger partial charge in [-0.3, -0.25) is 9.36 Å². The molecule has 3 aromatic heterocycles. The van der Waals surface area contributed by atoms with Crippen molar-refractivity contribution in [2.75, 3.05) is 11.6 Å². The first kappa shape index (κ1) is 25.5. The Balaban J connectivity index is 1.41. The lowest BCUT2D eigenvalue weighted by Gasteiger charge is -2.33. The Bertz CT molecular complexity index is 1730. The van der Waals surface area contributed by atoms with Crippen LogP contribution in [0.3, 0.4) is 0 Å². The van der Waals surface area contributed by atoms with Crippen molar-refractivity contribution in [2.45, 2.75) is 69.4 Å². The van der Waals surface area contributed by atoms with Crippen LogP contribution in [-0.2, 0) is 16.4 Å². The minimum atomic E-state index is -3.28. The molecule has 2 fully saturated rings. The molecular formula is C28H31N7O3S. The summed E-state index contributed by atoms with van der Waals surface area (Å²) in [6, 6.07) is 6.55. The Hall–Kier alpha value is -3.73. The van der Waals surface area contributed by atoms with Crippen LogP contribution in [0.25, 0.3) is 22.6 Å². The molecule has 3 heterocycles. The smallest absolute Gasteiger partial charge is 0.295 e. The fourth-order valence-electron chi connectivity index (χ4n) is 5.22. The lowest BCUT2D eigenvalue weighted by atomic mass is 9.80. The number of hydrogen-bond acceptors (Lipinski definition) is 9. The van der Waals surface area contributed by atoms with E-state index in [1.807, 2.05) is 6.92 Å². The van der Waals surface area contributed by atoms with Crippen molar-refractivity contribution in [1.82, 2.24) is 29.5 Å². The molecule has 2 aliphatic carbocycles. The molecule has 11 heteroatoms. The van der Waals surface area contributed by atoms with Crippen LogP contribution < -0.4 is 10.9 Å². The standard InChI is InChI=1S/C28H31N7O3S/c1-16-23(24(20-9-10-20)32-15-31-16)25-30-14-22-27(34-25)35(17(2)19-5-4-6-19)28(36)26(33-22)29-13-18-7-11-21(12-8-18)39(3,37)38/h7-8,11-12,14-15,17,19-20H,4-6,9-10,13H2,1-3H3,(H,29,33). The van der Waals surface area contributed by atoms with Gasteiger partial charge in [0.05, 0.1) is 28.0 Å². The lowest BCUT2D eigenvalue weighted by molar-refractivity contribution is 0.222. The molecule has 2 aliphatic rings. The second-order valence-corrected chi connectivity index (χ2v) is 12.7. The molecule has 39 heavy (non-hydrogen) atoms. The van der Waals surface area contributed by atoms with Gasteiger partial charge < -0.3 is 5.32 Å². The van der Waals surface area contributed by atoms with Gasteiger partial charge in [0.15, 0.2) is 27.1 Å². The van der Waals surface area contributed by atoms with E-state index in [0.29, 0.717) is 35.4 Å². The van der Waals surface area contributed by atoms with Crippen LogP contribution in [0.15, 0.2) is 46.5 Å². The van der Waals surface area contributed by atoms with Gasteiger partial charge in [-0.05, 0) is 63.1 Å². The quantitative estimate of drug-likeness (QED) is 0.346. The van der Waals surface area contributed by atoms with Crippen LogP contribution in [0.1, 0.15) is 67.9 Å². The normalized spacial score (nSPS) is 16.7. The van der Waals surface area contributed by atoms with Gasteiger partial charge in [0.25, 0.3) is 5.56 Å². The molecule has 1 N–H and O–H groups in total. The highest BCUT2D eigenvalue weighted by molar-refractivity contribution is 7.90. The zero-order chi connectivity index (χ0) is 27.3. The van der Waals surface area contributed by atoms with Gasteiger partial charge in [0.2, 0.25) is 0 Å². The van der Waals surface area contributed by atoms with Crippen LogP contribution in [0.5, 0.6) is 0 Å². The number of rotatable bonds is 8. The summed E-state index contributed by atoms with van der Waals surface area (Å²) in [5.74, 6) is 1.53. The molecule has 0 aliphatic heterocycles. The number of nitrogens with one attached hydrogen (secondary N) is 1. The molecule has 2 saturated carbocycles. The SMILES string of the molecule is Cc1ncnc(C2CC2)c1-c1ncc2nc(NCc3ccc(S(C)(=O)=O)cc3)c(=O)n(C(C)C3CCC3)c2n1. The van der Waals surface area contributed by atoms with Gasteiger partial charge in [0, 0.05) is 24.8 Å². The molecular weight excluding hydrogens is 514 g/mol. The number of aryl methyl sites for hydroxylation is 1. The number of aromatic nitrogens is 6. The number of hydrogen-bond donors (Lipinski definition) is 1. The highest BCUT2D eigenvalue weighted by Crippen LogP contribution is 2.43. The largest absolute Gasteiger partial charge is 0.361 e. The van der Waals surface area contributed by atoms with Gasteiger partial charge in [0.1, 0.15) is 11.8 Å². The molecule has 1 unspecified atom stereocenters. The number of nitrogens with zero attached hydrogens (tertiary/aromatic N) is 6. The first-order valence-electron chi connectivity index (χ1n) is 13.3. The summed E-state index contributed by atoms with van der Waals surface area (Å²) < 4.78 is 25.3. The summed E-state index contributed by atoms with van der Waals surface area (Å²) in [6.07, 6.45) is 9.93. The fraction of sp³-hybridized carbons (Fsp3) is 0.429. The van der Waals surface area contributed by atoms with E-state index in [1.54, 1.807) is 41.4 Å². The summed E-state index contributed by atoms with van der Waals surface area (Å²) in [5.41, 5.74) is 4.27. The van der Waals surface area contributed by atoms with Gasteiger partial charge in [-0.25, -0.2) is 33.3 Å². The van der Waals surface area contributed by atoms with E-state index in [4.69, 9.17) is 4.98 Å². The zero-order valence-corrected chi connectivity index (χ0v) is 23.1. The third-order valence-corrected chi connectivity index (χ3v) is 9.06. The van der Waals surface area contributed by atoms with Crippen LogP contribution >= 0.6 is 0 Å². The first-order chi connectivity index (χ1) is 18.7. The monoisotopic (exact) mass is 545 g/mol. The third-order valence-electron chi connectivity index (χ3n) is 7.94. The Morgan fingerprint density at radius 3 is 2.44 bits per heavy atom. The van der Waals surface area contributed by atoms with E-state index in [1.165, 1.54) is 6.26 Å². The fourth-order valence-corrected chi connectivity index (χ4v) is 5.85. The molecule has 0 spiro atoms. The van der Waals surface area contributed by atoms with Crippen molar-refractivity contribution in [1.29, 1.82) is 0 Å². The van der Waals surface area contributed by atoms with Crippen LogP contribution in [-0.4, -0.2) is 44.2 Å². The van der Waals surface area contributed by atoms with Crippen LogP contribution in [0, 0.1) is 12.8 Å². The van der Waals surface area contributed by atoms with Crippen molar-refractivity contribution < 1.29 is 8.42 Å². The predicted molar refractivity (Wildman–Crippen MR) is 148 cm³/mol. The maximum absolute atomic E-state index is 13.8. The maximum atomic E-state index is 13.8. The third kappa shape index (κ3) is 4.91. The van der Waals surface area contributed by atoms with E-state index in [-0.39, 0.29) is 22.3 Å². The summed E-state index contributed by atoms with van der Waals surface area (Å²) in [4.78, 5) is 37.2. The second kappa shape index (κ2) is 9.78. The molecule has 1 atom stereocenters. The number of sulfone groups is 1. The van der Waals surface area contributed by atoms with Gasteiger partial charge >= 0.3 is 0 Å². The molecule has 0 amide bonds. The predicted octanol–water partition coefficient (Wildman–Crippen LogP) is 4.21. The Kier molecular flexibility index (Phi) is 6.41. The summed E-state index contributed by atoms with van der Waals surface area (Å²) in [6.45, 7) is 4.33. The topological polar surface area (TPSA) is 133 Å². The van der Waals surface area contributed by atoms with Crippen molar-refractivity contribution in [2.24, 2.45) is 5.92 Å². The van der Waals surface area contributed by atoms with E-state index in [9.17, 15) is 13.2 Å². The Morgan fingerprint density at radius 1 is 1.05 bits per heavy atom. The maximum Gasteiger partial charge on any atom is 0.295 e. The summed E-state index contributed by atoms with van der Waals surface area (Å²) in [7, 11) is -3.28. The van der Waals surface area contributed by atoms with Gasteiger partial charge in [-0.1, -0.05) is 18.6 Å². The number of fused-ring (bicyclic) bond motifs is 1. The molecule has 4 aromatic rings. The molecule has 0 radical (unpaired) electrons. The zero-order valence-electron chi connectivity index (χ0n) is 22.3. The number of anilines is 1. The summed E-state index contributed by atoms with van der Waals surface area (Å²) >= 11 is 0. The minimum absolute atomic E-state index is 0.0508. The molecule has 0 bridgehead atoms. The van der Waals surface area contributed by atoms with E-state index >= 15 is 0 Å². The molecule has 6 rings (SSSR count). The molecule has 1 aromatic carbocycles. The Labute approximate surface area is 226 Å². The van der Waals surface area contributed by atoms with Crippen molar-refractivity contribution in [3.63, 3.8) is 0 Å². The van der Waals surface area contributed by atoms with Crippen molar-refractivity contribution in [3.05, 3.63) is 64.1 Å². The highest BCUT2D eigenvalue weighted by atomic mass is 32.2. The highest BCUT2D eigenvalue weighted by Gasteiger charge is 2.31. The van der Waals surface area contributed by atoms with E-state index in [2.05, 4.69) is 32.2 Å². The second-order valence-electron chi connectivity index (χ2n) is 10.7. The van der Waals surface area contributed by atoms with Crippen LogP contribution in [0.4, 0.5) is 5.82 Å². The van der Waals surface area contributed by atoms with Gasteiger partial charge in [-0.2, -0.15) is 0 Å². The van der Waals surface area contributed by atoms with Crippen molar-refractivity contribution in [3.8, 4) is 11.4 Å². The lowest BCUT2D eigenvalue weighted by Crippen LogP contribution is -2.33. The first-order valence-corrected chi connectivity index (χ1v) is 15.2. The average molecular weight is 546 g/mol. The molecule has 0 saturated heterocycles. The molecule has 202 valence electrons. The Morgan fingerprint density at radius 2 is 1.79 bits per heavy atom. The molecule has 10 nitrogen and oxygen atoms in total. The van der Waals surface area contributed by atoms with Gasteiger partial charge in [-0.15, -0.1) is 0 Å². The van der Waals surface area contributed by atoms with Crippen LogP contribution in [0.2, 0.25) is 0 Å². The number of benzene rings is 1. The average Bonchev–Trinajstić information content (AvgIpc) is 3.71. The minimum Gasteiger partial charge on any atom is -0.361 e. The summed E-state index contributed by atoms with van der Waals surface area (Å²) in [5, 5.41) is 3.17.